The molecule has 0 radical (unpaired) electrons. The molecule has 0 aliphatic carbocycles. The van der Waals surface area contributed by atoms with Crippen LogP contribution in [0.25, 0.3) is 11.0 Å². The number of H-pyrrole nitrogens is 1. The number of benzene rings is 1. The molecule has 0 bridgehead atoms. The maximum atomic E-state index is 11.2. The summed E-state index contributed by atoms with van der Waals surface area (Å²) in [4.78, 5) is 19.7. The van der Waals surface area contributed by atoms with E-state index >= 15 is 0 Å². The number of carbonyl (C=O) groups excluding carboxylic acids is 1. The van der Waals surface area contributed by atoms with Crippen molar-refractivity contribution < 1.29 is 4.79 Å². The Kier molecular flexibility index (Phi) is 4.22. The second-order valence-corrected chi connectivity index (χ2v) is 5.03. The molecule has 2 aromatic rings. The van der Waals surface area contributed by atoms with Gasteiger partial charge in [0.25, 0.3) is 0 Å². The van der Waals surface area contributed by atoms with E-state index in [1.165, 1.54) is 4.90 Å². The van der Waals surface area contributed by atoms with Crippen molar-refractivity contribution >= 4 is 34.7 Å². The average molecular weight is 264 g/mol. The largest absolute Gasteiger partial charge is 0.324 e. The number of hydrogen-bond donors (Lipinski definition) is 3. The van der Waals surface area contributed by atoms with Gasteiger partial charge >= 0.3 is 0 Å². The van der Waals surface area contributed by atoms with Gasteiger partial charge in [0.2, 0.25) is 11.9 Å². The summed E-state index contributed by atoms with van der Waals surface area (Å²) in [5.41, 5.74) is 6.99. The first-order valence-corrected chi connectivity index (χ1v) is 6.84. The predicted octanol–water partition coefficient (Wildman–Crippen LogP) is 1.96. The molecule has 0 saturated carbocycles. The highest BCUT2D eigenvalue weighted by atomic mass is 32.2. The molecule has 2 rings (SSSR count). The van der Waals surface area contributed by atoms with Gasteiger partial charge in [-0.2, -0.15) is 0 Å². The van der Waals surface area contributed by atoms with Gasteiger partial charge in [-0.15, -0.1) is 11.8 Å². The first-order chi connectivity index (χ1) is 8.72. The molecule has 18 heavy (non-hydrogen) atoms. The van der Waals surface area contributed by atoms with E-state index in [4.69, 9.17) is 5.73 Å². The summed E-state index contributed by atoms with van der Waals surface area (Å²) in [6.07, 6.45) is 1.14. The molecule has 0 aliphatic heterocycles. The standard InChI is InChI=1S/C12H16N4OS/c1-2-5-18-8-3-4-9-10(6-8)15-12(14-9)16-11(17)7-13/h3-4,6H,2,5,7,13H2,1H3,(H2,14,15,16,17). The van der Waals surface area contributed by atoms with Gasteiger partial charge < -0.3 is 10.7 Å². The SMILES string of the molecule is CCCSc1ccc2nc(NC(=O)CN)[nH]c2c1. The van der Waals surface area contributed by atoms with Crippen molar-refractivity contribution in [3.8, 4) is 0 Å². The maximum absolute atomic E-state index is 11.2. The van der Waals surface area contributed by atoms with Gasteiger partial charge in [-0.05, 0) is 30.4 Å². The molecule has 0 aliphatic rings. The maximum Gasteiger partial charge on any atom is 0.240 e. The van der Waals surface area contributed by atoms with Gasteiger partial charge in [-0.3, -0.25) is 10.1 Å². The van der Waals surface area contributed by atoms with Gasteiger partial charge in [-0.25, -0.2) is 4.98 Å². The van der Waals surface area contributed by atoms with Crippen LogP contribution in [0.4, 0.5) is 5.95 Å². The van der Waals surface area contributed by atoms with E-state index in [9.17, 15) is 4.79 Å². The number of amides is 1. The summed E-state index contributed by atoms with van der Waals surface area (Å²) in [6.45, 7) is 2.11. The van der Waals surface area contributed by atoms with E-state index in [1.807, 2.05) is 30.0 Å². The molecule has 96 valence electrons. The van der Waals surface area contributed by atoms with Crippen LogP contribution in [0, 0.1) is 0 Å². The number of fused-ring (bicyclic) bond motifs is 1. The summed E-state index contributed by atoms with van der Waals surface area (Å²) in [5, 5.41) is 2.61. The fourth-order valence-electron chi connectivity index (χ4n) is 1.54. The van der Waals surface area contributed by atoms with Gasteiger partial charge in [0, 0.05) is 4.90 Å². The van der Waals surface area contributed by atoms with Crippen LogP contribution in [0.3, 0.4) is 0 Å². The number of thioether (sulfide) groups is 1. The number of nitrogens with one attached hydrogen (secondary N) is 2. The summed E-state index contributed by atoms with van der Waals surface area (Å²) in [6, 6.07) is 6.03. The van der Waals surface area contributed by atoms with Crippen molar-refractivity contribution in [2.75, 3.05) is 17.6 Å². The summed E-state index contributed by atoms with van der Waals surface area (Å²) >= 11 is 1.81. The van der Waals surface area contributed by atoms with E-state index in [0.29, 0.717) is 5.95 Å². The van der Waals surface area contributed by atoms with Gasteiger partial charge in [0.15, 0.2) is 0 Å². The van der Waals surface area contributed by atoms with Crippen molar-refractivity contribution in [2.24, 2.45) is 5.73 Å². The Hall–Kier alpha value is -1.53. The Labute approximate surface area is 110 Å². The number of aromatic nitrogens is 2. The molecule has 0 fully saturated rings. The summed E-state index contributed by atoms with van der Waals surface area (Å²) in [7, 11) is 0. The van der Waals surface area contributed by atoms with Crippen LogP contribution < -0.4 is 11.1 Å². The van der Waals surface area contributed by atoms with E-state index < -0.39 is 0 Å². The van der Waals surface area contributed by atoms with E-state index in [2.05, 4.69) is 22.2 Å². The van der Waals surface area contributed by atoms with Gasteiger partial charge in [0.05, 0.1) is 17.6 Å². The molecule has 1 aromatic carbocycles. The van der Waals surface area contributed by atoms with Crippen LogP contribution in [-0.4, -0.2) is 28.2 Å². The normalized spacial score (nSPS) is 10.8. The zero-order valence-corrected chi connectivity index (χ0v) is 11.0. The highest BCUT2D eigenvalue weighted by Gasteiger charge is 2.06. The van der Waals surface area contributed by atoms with Crippen molar-refractivity contribution in [1.82, 2.24) is 9.97 Å². The minimum absolute atomic E-state index is 0.0470. The number of imidazole rings is 1. The third kappa shape index (κ3) is 3.02. The number of rotatable bonds is 5. The molecule has 5 nitrogen and oxygen atoms in total. The summed E-state index contributed by atoms with van der Waals surface area (Å²) < 4.78 is 0. The van der Waals surface area contributed by atoms with E-state index in [-0.39, 0.29) is 12.5 Å². The van der Waals surface area contributed by atoms with Crippen molar-refractivity contribution in [1.29, 1.82) is 0 Å². The smallest absolute Gasteiger partial charge is 0.240 e. The zero-order chi connectivity index (χ0) is 13.0. The predicted molar refractivity (Wildman–Crippen MR) is 74.8 cm³/mol. The Morgan fingerprint density at radius 3 is 3.11 bits per heavy atom. The quantitative estimate of drug-likeness (QED) is 0.721. The monoisotopic (exact) mass is 264 g/mol. The van der Waals surface area contributed by atoms with Crippen molar-refractivity contribution in [3.63, 3.8) is 0 Å². The second-order valence-electron chi connectivity index (χ2n) is 3.87. The van der Waals surface area contributed by atoms with Crippen LogP contribution in [0.5, 0.6) is 0 Å². The van der Waals surface area contributed by atoms with Gasteiger partial charge in [-0.1, -0.05) is 6.92 Å². The molecular weight excluding hydrogens is 248 g/mol. The minimum Gasteiger partial charge on any atom is -0.324 e. The number of carbonyl (C=O) groups is 1. The highest BCUT2D eigenvalue weighted by molar-refractivity contribution is 7.99. The number of hydrogen-bond acceptors (Lipinski definition) is 4. The van der Waals surface area contributed by atoms with Crippen LogP contribution >= 0.6 is 11.8 Å². The first kappa shape index (κ1) is 12.9. The van der Waals surface area contributed by atoms with Crippen LogP contribution in [0.2, 0.25) is 0 Å². The molecule has 0 unspecified atom stereocenters. The topological polar surface area (TPSA) is 83.8 Å². The lowest BCUT2D eigenvalue weighted by atomic mass is 10.3. The molecule has 1 heterocycles. The summed E-state index contributed by atoms with van der Waals surface area (Å²) in [5.74, 6) is 1.28. The third-order valence-corrected chi connectivity index (χ3v) is 3.57. The Bertz CT molecular complexity index is 552. The van der Waals surface area contributed by atoms with Crippen LogP contribution in [-0.2, 0) is 4.79 Å². The second kappa shape index (κ2) is 5.88. The first-order valence-electron chi connectivity index (χ1n) is 5.85. The number of nitrogens with zero attached hydrogens (tertiary/aromatic N) is 1. The van der Waals surface area contributed by atoms with Crippen molar-refractivity contribution in [3.05, 3.63) is 18.2 Å². The third-order valence-electron chi connectivity index (χ3n) is 2.37. The van der Waals surface area contributed by atoms with Crippen LogP contribution in [0.15, 0.2) is 23.1 Å². The lowest BCUT2D eigenvalue weighted by Crippen LogP contribution is -2.22. The highest BCUT2D eigenvalue weighted by Crippen LogP contribution is 2.23. The Balaban J connectivity index is 2.19. The molecular formula is C12H16N4OS. The van der Waals surface area contributed by atoms with E-state index in [1.54, 1.807) is 0 Å². The minimum atomic E-state index is -0.255. The zero-order valence-electron chi connectivity index (χ0n) is 10.2. The molecule has 0 spiro atoms. The van der Waals surface area contributed by atoms with E-state index in [0.717, 1.165) is 23.2 Å². The Morgan fingerprint density at radius 2 is 2.39 bits per heavy atom. The average Bonchev–Trinajstić information content (AvgIpc) is 2.77. The molecule has 4 N–H and O–H groups in total. The lowest BCUT2D eigenvalue weighted by Gasteiger charge is -1.98. The van der Waals surface area contributed by atoms with Crippen molar-refractivity contribution in [2.45, 2.75) is 18.2 Å². The molecule has 1 amide bonds. The fourth-order valence-corrected chi connectivity index (χ4v) is 2.35. The number of anilines is 1. The lowest BCUT2D eigenvalue weighted by molar-refractivity contribution is -0.114. The molecule has 6 heteroatoms. The fraction of sp³-hybridized carbons (Fsp3) is 0.333. The Morgan fingerprint density at radius 1 is 1.56 bits per heavy atom. The molecule has 0 atom stereocenters. The molecule has 0 saturated heterocycles. The molecule has 1 aromatic heterocycles. The number of nitrogens with two attached hydrogens (primary N) is 1. The van der Waals surface area contributed by atoms with Crippen LogP contribution in [0.1, 0.15) is 13.3 Å². The number of aromatic amines is 1. The van der Waals surface area contributed by atoms with Gasteiger partial charge in [0.1, 0.15) is 0 Å².